The summed E-state index contributed by atoms with van der Waals surface area (Å²) < 4.78 is 5.02. The van der Waals surface area contributed by atoms with Crippen LogP contribution in [0.1, 0.15) is 5.56 Å². The van der Waals surface area contributed by atoms with E-state index in [1.807, 2.05) is 53.8 Å². The minimum Gasteiger partial charge on any atom is -0.366 e. The molecule has 3 nitrogen and oxygen atoms in total. The molecular weight excluding hydrogens is 579 g/mol. The topological polar surface area (TPSA) is 40.8 Å². The quantitative estimate of drug-likeness (QED) is 0.201. The molecule has 1 aliphatic rings. The highest BCUT2D eigenvalue weighted by atomic mass is 32.1. The van der Waals surface area contributed by atoms with Gasteiger partial charge in [-0.25, -0.2) is 0 Å². The summed E-state index contributed by atoms with van der Waals surface area (Å²) in [5.74, 6) is 0. The van der Waals surface area contributed by atoms with Crippen molar-refractivity contribution in [3.8, 4) is 11.1 Å². The second kappa shape index (κ2) is 10.7. The lowest BCUT2D eigenvalue weighted by molar-refractivity contribution is 0.695. The molecule has 9 rings (SSSR count). The number of hydrogen-bond donors (Lipinski definition) is 2. The van der Waals surface area contributed by atoms with Gasteiger partial charge >= 0.3 is 0 Å². The molecule has 0 atom stereocenters. The first-order valence-electron chi connectivity index (χ1n) is 15.6. The van der Waals surface area contributed by atoms with E-state index in [9.17, 15) is 0 Å². The van der Waals surface area contributed by atoms with Crippen LogP contribution in [-0.4, -0.2) is 10.3 Å². The number of allylic oxidation sites excluding steroid dienone is 5. The monoisotopic (exact) mass is 607 g/mol. The molecule has 0 amide bonds. The average molecular weight is 608 g/mol. The van der Waals surface area contributed by atoms with Crippen LogP contribution in [0.2, 0.25) is 0 Å². The molecule has 0 spiro atoms. The molecule has 6 aromatic carbocycles. The van der Waals surface area contributed by atoms with E-state index in [1.165, 1.54) is 63.9 Å². The van der Waals surface area contributed by atoms with Gasteiger partial charge in [0.15, 0.2) is 0 Å². The third-order valence-electron chi connectivity index (χ3n) is 9.15. The fourth-order valence-electron chi connectivity index (χ4n) is 7.08. The van der Waals surface area contributed by atoms with Gasteiger partial charge in [-0.3, -0.25) is 0 Å². The van der Waals surface area contributed by atoms with E-state index in [0.29, 0.717) is 12.4 Å². The Morgan fingerprint density at radius 3 is 2.17 bits per heavy atom. The fourth-order valence-corrected chi connectivity index (χ4v) is 8.34. The van der Waals surface area contributed by atoms with Crippen molar-refractivity contribution in [1.82, 2.24) is 9.88 Å². The molecule has 0 saturated carbocycles. The van der Waals surface area contributed by atoms with Gasteiger partial charge in [0.25, 0.3) is 0 Å². The first-order chi connectivity index (χ1) is 22.8. The van der Waals surface area contributed by atoms with Gasteiger partial charge in [-0.2, -0.15) is 0 Å². The summed E-state index contributed by atoms with van der Waals surface area (Å²) >= 11 is 1.89. The van der Waals surface area contributed by atoms with Gasteiger partial charge in [0, 0.05) is 36.5 Å². The Bertz CT molecular complexity index is 2580. The van der Waals surface area contributed by atoms with Crippen LogP contribution in [0, 0.1) is 5.41 Å². The van der Waals surface area contributed by atoms with Crippen molar-refractivity contribution in [2.75, 3.05) is 0 Å². The molecule has 8 aromatic rings. The fraction of sp³-hybridized carbons (Fsp3) is 0.0238. The van der Waals surface area contributed by atoms with Gasteiger partial charge in [-0.1, -0.05) is 127 Å². The minimum absolute atomic E-state index is 0.504. The van der Waals surface area contributed by atoms with Crippen molar-refractivity contribution in [2.24, 2.45) is 0 Å². The smallest absolute Gasteiger partial charge is 0.0926 e. The van der Waals surface area contributed by atoms with Gasteiger partial charge < -0.3 is 15.3 Å². The van der Waals surface area contributed by atoms with Crippen LogP contribution >= 0.6 is 11.3 Å². The summed E-state index contributed by atoms with van der Waals surface area (Å²) in [6.45, 7) is 0.568. The summed E-state index contributed by atoms with van der Waals surface area (Å²) in [5, 5.41) is 20.1. The number of thiophene rings is 1. The summed E-state index contributed by atoms with van der Waals surface area (Å²) in [5.41, 5.74) is 8.33. The minimum atomic E-state index is 0.504. The SMILES string of the molecule is N=C1C=CC=C/C1=C(/NCn1c2ccccc2c2c3ccc4sc5c(-c6ccccc6)cccc5c4c3ccc21)c1ccccc1. The summed E-state index contributed by atoms with van der Waals surface area (Å²) in [6, 6.07) is 45.7. The molecule has 2 aromatic heterocycles. The van der Waals surface area contributed by atoms with E-state index in [4.69, 9.17) is 5.41 Å². The molecule has 0 saturated heterocycles. The molecule has 0 bridgehead atoms. The second-order valence-corrected chi connectivity index (χ2v) is 12.8. The molecule has 0 unspecified atom stereocenters. The molecule has 218 valence electrons. The van der Waals surface area contributed by atoms with Gasteiger partial charge in [-0.05, 0) is 51.7 Å². The number of hydrogen-bond acceptors (Lipinski definition) is 3. The zero-order chi connectivity index (χ0) is 30.6. The number of rotatable bonds is 5. The summed E-state index contributed by atoms with van der Waals surface area (Å²) in [6.07, 6.45) is 7.80. The molecular formula is C42H29N3S. The van der Waals surface area contributed by atoms with E-state index < -0.39 is 0 Å². The first kappa shape index (κ1) is 26.7. The number of fused-ring (bicyclic) bond motifs is 9. The predicted octanol–water partition coefficient (Wildman–Crippen LogP) is 11.1. The van der Waals surface area contributed by atoms with Gasteiger partial charge in [-0.15, -0.1) is 11.3 Å². The summed E-state index contributed by atoms with van der Waals surface area (Å²) in [4.78, 5) is 0. The molecule has 0 fully saturated rings. The molecule has 4 heteroatoms. The highest BCUT2D eigenvalue weighted by molar-refractivity contribution is 7.26. The third-order valence-corrected chi connectivity index (χ3v) is 10.4. The lowest BCUT2D eigenvalue weighted by Crippen LogP contribution is -2.20. The summed E-state index contributed by atoms with van der Waals surface area (Å²) in [7, 11) is 0. The Hall–Kier alpha value is -5.71. The van der Waals surface area contributed by atoms with Crippen molar-refractivity contribution in [3.63, 3.8) is 0 Å². The van der Waals surface area contributed by atoms with Gasteiger partial charge in [0.05, 0.1) is 29.1 Å². The number of benzene rings is 6. The van der Waals surface area contributed by atoms with Crippen molar-refractivity contribution < 1.29 is 0 Å². The number of aromatic nitrogens is 1. The van der Waals surface area contributed by atoms with Crippen LogP contribution in [-0.2, 0) is 6.67 Å². The van der Waals surface area contributed by atoms with E-state index >= 15 is 0 Å². The Morgan fingerprint density at radius 1 is 0.609 bits per heavy atom. The largest absolute Gasteiger partial charge is 0.366 e. The normalized spacial score (nSPS) is 14.3. The lowest BCUT2D eigenvalue weighted by atomic mass is 9.98. The predicted molar refractivity (Wildman–Crippen MR) is 198 cm³/mol. The molecule has 0 radical (unpaired) electrons. The maximum atomic E-state index is 8.66. The Labute approximate surface area is 270 Å². The maximum absolute atomic E-state index is 8.66. The van der Waals surface area contributed by atoms with Crippen LogP contribution in [0.25, 0.3) is 69.6 Å². The molecule has 46 heavy (non-hydrogen) atoms. The van der Waals surface area contributed by atoms with Crippen molar-refractivity contribution >= 4 is 75.5 Å². The molecule has 1 aliphatic carbocycles. The highest BCUT2D eigenvalue weighted by Crippen LogP contribution is 2.45. The standard InChI is InChI=1S/C42H29N3S/c43-35-20-9-7-16-32(35)41(28-14-5-2-6-15-28)44-26-45-36-21-10-8-17-33(36)39-30-23-25-38-40(31(30)22-24-37(39)45)34-19-11-18-29(42(34)46-38)27-12-3-1-4-13-27/h1-25,43-44H,26H2/b41-32-,43-35?. The van der Waals surface area contributed by atoms with Crippen LogP contribution in [0.3, 0.4) is 0 Å². The Balaban J connectivity index is 1.24. The van der Waals surface area contributed by atoms with Crippen LogP contribution in [0.4, 0.5) is 0 Å². The van der Waals surface area contributed by atoms with Crippen molar-refractivity contribution in [1.29, 1.82) is 5.41 Å². The molecule has 0 aliphatic heterocycles. The van der Waals surface area contributed by atoms with E-state index in [1.54, 1.807) is 0 Å². The van der Waals surface area contributed by atoms with Crippen LogP contribution in [0.5, 0.6) is 0 Å². The van der Waals surface area contributed by atoms with Gasteiger partial charge in [0.1, 0.15) is 0 Å². The van der Waals surface area contributed by atoms with Crippen molar-refractivity contribution in [2.45, 2.75) is 6.67 Å². The maximum Gasteiger partial charge on any atom is 0.0926 e. The lowest BCUT2D eigenvalue weighted by Gasteiger charge is -2.18. The highest BCUT2D eigenvalue weighted by Gasteiger charge is 2.19. The second-order valence-electron chi connectivity index (χ2n) is 11.7. The first-order valence-corrected chi connectivity index (χ1v) is 16.4. The molecule has 2 heterocycles. The van der Waals surface area contributed by atoms with Crippen molar-refractivity contribution in [3.05, 3.63) is 163 Å². The number of nitrogens with one attached hydrogen (secondary N) is 2. The zero-order valence-corrected chi connectivity index (χ0v) is 25.8. The van der Waals surface area contributed by atoms with E-state index in [0.717, 1.165) is 16.8 Å². The van der Waals surface area contributed by atoms with Crippen LogP contribution in [0.15, 0.2) is 157 Å². The zero-order valence-electron chi connectivity index (χ0n) is 25.0. The number of para-hydroxylation sites is 1. The Morgan fingerprint density at radius 2 is 1.33 bits per heavy atom. The van der Waals surface area contributed by atoms with E-state index in [-0.39, 0.29) is 0 Å². The van der Waals surface area contributed by atoms with Gasteiger partial charge in [0.2, 0.25) is 0 Å². The third kappa shape index (κ3) is 4.15. The Kier molecular flexibility index (Phi) is 6.22. The van der Waals surface area contributed by atoms with Crippen LogP contribution < -0.4 is 5.32 Å². The molecule has 2 N–H and O–H groups in total. The average Bonchev–Trinajstić information content (AvgIpc) is 3.66. The number of nitrogens with zero attached hydrogens (tertiary/aromatic N) is 1. The van der Waals surface area contributed by atoms with E-state index in [2.05, 4.69) is 119 Å².